The normalized spacial score (nSPS) is 11.5. The van der Waals surface area contributed by atoms with Crippen LogP contribution < -0.4 is 0 Å². The highest BCUT2D eigenvalue weighted by atomic mass is 16.3. The van der Waals surface area contributed by atoms with E-state index in [0.717, 1.165) is 54.6 Å². The number of phenols is 2. The lowest BCUT2D eigenvalue weighted by Gasteiger charge is -2.19. The lowest BCUT2D eigenvalue weighted by atomic mass is 9.85. The Morgan fingerprint density at radius 1 is 0.310 bits per heavy atom. The van der Waals surface area contributed by atoms with Gasteiger partial charge in [-0.25, -0.2) is 0 Å². The molecule has 198 valence electrons. The van der Waals surface area contributed by atoms with Crippen LogP contribution in [0.1, 0.15) is 0 Å². The van der Waals surface area contributed by atoms with E-state index < -0.39 is 0 Å². The second kappa shape index (κ2) is 9.50. The molecule has 8 aromatic carbocycles. The van der Waals surface area contributed by atoms with Crippen molar-refractivity contribution in [3.63, 3.8) is 0 Å². The molecule has 0 atom stereocenters. The summed E-state index contributed by atoms with van der Waals surface area (Å²) in [5.41, 5.74) is 5.38. The third kappa shape index (κ3) is 3.81. The molecule has 0 aliphatic heterocycles. The molecule has 0 saturated heterocycles. The van der Waals surface area contributed by atoms with Gasteiger partial charge in [0, 0.05) is 21.9 Å². The molecular formula is C40H26O2. The first-order valence-electron chi connectivity index (χ1n) is 14.1. The zero-order valence-electron chi connectivity index (χ0n) is 22.8. The zero-order chi connectivity index (χ0) is 28.2. The summed E-state index contributed by atoms with van der Waals surface area (Å²) in [5, 5.41) is 31.6. The molecule has 0 amide bonds. The van der Waals surface area contributed by atoms with Crippen molar-refractivity contribution in [1.82, 2.24) is 0 Å². The quantitative estimate of drug-likeness (QED) is 0.235. The Hall–Kier alpha value is -5.60. The van der Waals surface area contributed by atoms with E-state index in [1.807, 2.05) is 24.3 Å². The van der Waals surface area contributed by atoms with E-state index in [9.17, 15) is 10.2 Å². The number of fused-ring (bicyclic) bond motifs is 4. The van der Waals surface area contributed by atoms with Gasteiger partial charge in [-0.05, 0) is 78.8 Å². The lowest BCUT2D eigenvalue weighted by molar-refractivity contribution is 0.470. The maximum Gasteiger partial charge on any atom is 0.124 e. The Balaban J connectivity index is 1.47. The summed E-state index contributed by atoms with van der Waals surface area (Å²) in [6, 6.07) is 49.4. The van der Waals surface area contributed by atoms with Crippen molar-refractivity contribution in [3.8, 4) is 44.9 Å². The van der Waals surface area contributed by atoms with Crippen molar-refractivity contribution >= 4 is 43.1 Å². The van der Waals surface area contributed by atoms with E-state index in [-0.39, 0.29) is 11.5 Å². The summed E-state index contributed by atoms with van der Waals surface area (Å²) in [7, 11) is 0. The van der Waals surface area contributed by atoms with Crippen molar-refractivity contribution in [2.24, 2.45) is 0 Å². The molecule has 0 aliphatic rings. The van der Waals surface area contributed by atoms with Crippen LogP contribution >= 0.6 is 0 Å². The summed E-state index contributed by atoms with van der Waals surface area (Å²) < 4.78 is 0. The molecule has 0 fully saturated rings. The van der Waals surface area contributed by atoms with E-state index >= 15 is 0 Å². The molecular weight excluding hydrogens is 512 g/mol. The first-order valence-corrected chi connectivity index (χ1v) is 14.1. The largest absolute Gasteiger partial charge is 0.507 e. The van der Waals surface area contributed by atoms with Gasteiger partial charge in [-0.3, -0.25) is 0 Å². The van der Waals surface area contributed by atoms with Gasteiger partial charge in [0.15, 0.2) is 0 Å². The molecule has 0 unspecified atom stereocenters. The van der Waals surface area contributed by atoms with E-state index in [1.54, 1.807) is 12.1 Å². The molecule has 42 heavy (non-hydrogen) atoms. The minimum Gasteiger partial charge on any atom is -0.507 e. The van der Waals surface area contributed by atoms with Gasteiger partial charge in [0.1, 0.15) is 11.5 Å². The predicted molar refractivity (Wildman–Crippen MR) is 176 cm³/mol. The molecule has 8 rings (SSSR count). The van der Waals surface area contributed by atoms with Gasteiger partial charge in [0.2, 0.25) is 0 Å². The van der Waals surface area contributed by atoms with Crippen molar-refractivity contribution in [2.45, 2.75) is 0 Å². The minimum atomic E-state index is 0.131. The number of hydrogen-bond acceptors (Lipinski definition) is 2. The van der Waals surface area contributed by atoms with Gasteiger partial charge in [0.05, 0.1) is 0 Å². The van der Waals surface area contributed by atoms with Gasteiger partial charge < -0.3 is 10.2 Å². The van der Waals surface area contributed by atoms with Crippen LogP contribution in [0.2, 0.25) is 0 Å². The van der Waals surface area contributed by atoms with Gasteiger partial charge in [0.25, 0.3) is 0 Å². The molecule has 2 N–H and O–H groups in total. The molecule has 0 spiro atoms. The number of phenolic OH excluding ortho intramolecular Hbond substituents is 2. The smallest absolute Gasteiger partial charge is 0.124 e. The van der Waals surface area contributed by atoms with Crippen molar-refractivity contribution < 1.29 is 10.2 Å². The molecule has 0 aromatic heterocycles. The van der Waals surface area contributed by atoms with Gasteiger partial charge >= 0.3 is 0 Å². The van der Waals surface area contributed by atoms with E-state index in [4.69, 9.17) is 0 Å². The monoisotopic (exact) mass is 538 g/mol. The maximum atomic E-state index is 11.6. The van der Waals surface area contributed by atoms with Gasteiger partial charge in [-0.1, -0.05) is 121 Å². The molecule has 2 nitrogen and oxygen atoms in total. The van der Waals surface area contributed by atoms with Crippen LogP contribution in [0, 0.1) is 0 Å². The fourth-order valence-corrected chi connectivity index (χ4v) is 6.44. The molecule has 0 aliphatic carbocycles. The summed E-state index contributed by atoms with van der Waals surface area (Å²) in [6.07, 6.45) is 0. The summed E-state index contributed by atoms with van der Waals surface area (Å²) in [6.45, 7) is 0. The standard InChI is InChI=1S/C40H26O2/c41-35-21-19-27-11-5-13-33(31-17-15-25-7-1-3-9-29(25)23-31)37(27)39(35)40-36(42)22-20-28-12-6-14-34(38(28)40)32-18-16-26-8-2-4-10-30(26)24-32/h1-24,41-42H. The molecule has 8 aromatic rings. The zero-order valence-corrected chi connectivity index (χ0v) is 22.8. The average molecular weight is 539 g/mol. The predicted octanol–water partition coefficient (Wildman–Crippen LogP) is 10.7. The minimum absolute atomic E-state index is 0.131. The van der Waals surface area contributed by atoms with Crippen molar-refractivity contribution in [2.75, 3.05) is 0 Å². The van der Waals surface area contributed by atoms with E-state index in [2.05, 4.69) is 109 Å². The topological polar surface area (TPSA) is 40.5 Å². The Morgan fingerprint density at radius 3 is 1.14 bits per heavy atom. The van der Waals surface area contributed by atoms with Crippen molar-refractivity contribution in [3.05, 3.63) is 146 Å². The highest BCUT2D eigenvalue weighted by Gasteiger charge is 2.21. The Labute approximate surface area is 243 Å². The highest BCUT2D eigenvalue weighted by molar-refractivity contribution is 6.17. The number of rotatable bonds is 3. The van der Waals surface area contributed by atoms with Crippen LogP contribution in [0.25, 0.3) is 76.5 Å². The third-order valence-electron chi connectivity index (χ3n) is 8.42. The number of hydrogen-bond donors (Lipinski definition) is 2. The fraction of sp³-hybridized carbons (Fsp3) is 0. The summed E-state index contributed by atoms with van der Waals surface area (Å²) in [4.78, 5) is 0. The van der Waals surface area contributed by atoms with E-state index in [1.165, 1.54) is 10.8 Å². The third-order valence-corrected chi connectivity index (χ3v) is 8.42. The number of benzene rings is 8. The van der Waals surface area contributed by atoms with Crippen LogP contribution in [0.3, 0.4) is 0 Å². The summed E-state index contributed by atoms with van der Waals surface area (Å²) >= 11 is 0. The molecule has 0 heterocycles. The Morgan fingerprint density at radius 2 is 0.690 bits per heavy atom. The molecule has 0 bridgehead atoms. The SMILES string of the molecule is Oc1ccc2cccc(-c3ccc4ccccc4c3)c2c1-c1c(O)ccc2cccc(-c3ccc4ccccc4c3)c12. The first kappa shape index (κ1) is 24.2. The maximum absolute atomic E-state index is 11.6. The molecule has 0 radical (unpaired) electrons. The highest BCUT2D eigenvalue weighted by Crippen LogP contribution is 2.49. The fourth-order valence-electron chi connectivity index (χ4n) is 6.44. The average Bonchev–Trinajstić information content (AvgIpc) is 3.04. The van der Waals surface area contributed by atoms with Gasteiger partial charge in [-0.2, -0.15) is 0 Å². The van der Waals surface area contributed by atoms with Crippen LogP contribution in [0.5, 0.6) is 11.5 Å². The lowest BCUT2D eigenvalue weighted by Crippen LogP contribution is -1.92. The van der Waals surface area contributed by atoms with Crippen LogP contribution in [0.15, 0.2) is 146 Å². The Bertz CT molecular complexity index is 2160. The first-order chi connectivity index (χ1) is 20.7. The summed E-state index contributed by atoms with van der Waals surface area (Å²) in [5.74, 6) is 0.263. The molecule has 2 heteroatoms. The Kier molecular flexibility index (Phi) is 5.48. The second-order valence-electron chi connectivity index (χ2n) is 10.9. The van der Waals surface area contributed by atoms with E-state index in [0.29, 0.717) is 11.1 Å². The number of aromatic hydroxyl groups is 2. The molecule has 0 saturated carbocycles. The van der Waals surface area contributed by atoms with Crippen LogP contribution in [0.4, 0.5) is 0 Å². The van der Waals surface area contributed by atoms with Crippen molar-refractivity contribution in [1.29, 1.82) is 0 Å². The second-order valence-corrected chi connectivity index (χ2v) is 10.9. The van der Waals surface area contributed by atoms with Crippen LogP contribution in [-0.4, -0.2) is 10.2 Å². The van der Waals surface area contributed by atoms with Crippen LogP contribution in [-0.2, 0) is 0 Å². The van der Waals surface area contributed by atoms with Gasteiger partial charge in [-0.15, -0.1) is 0 Å².